The Balaban J connectivity index is 1.61. The van der Waals surface area contributed by atoms with Crippen molar-refractivity contribution in [2.24, 2.45) is 11.3 Å². The first-order chi connectivity index (χ1) is 11.1. The van der Waals surface area contributed by atoms with Gasteiger partial charge in [0.25, 0.3) is 5.91 Å². The molecule has 0 aliphatic carbocycles. The van der Waals surface area contributed by atoms with Gasteiger partial charge in [-0.15, -0.1) is 0 Å². The van der Waals surface area contributed by atoms with Crippen molar-refractivity contribution < 1.29 is 23.5 Å². The number of fused-ring (bicyclic) bond motifs is 2. The first kappa shape index (κ1) is 14.3. The lowest BCUT2D eigenvalue weighted by atomic mass is 9.81. The molecule has 23 heavy (non-hydrogen) atoms. The van der Waals surface area contributed by atoms with Gasteiger partial charge < -0.3 is 18.8 Å². The van der Waals surface area contributed by atoms with Gasteiger partial charge in [0.2, 0.25) is 0 Å². The van der Waals surface area contributed by atoms with Crippen molar-refractivity contribution in [2.75, 3.05) is 33.4 Å². The molecule has 3 heterocycles. The van der Waals surface area contributed by atoms with Gasteiger partial charge in [-0.2, -0.15) is 0 Å². The number of amides is 1. The minimum Gasteiger partial charge on any atom is -0.468 e. The number of nitrogens with zero attached hydrogens (tertiary/aromatic N) is 1. The topological polar surface area (TPSA) is 69.0 Å². The largest absolute Gasteiger partial charge is 0.468 e. The average Bonchev–Trinajstić information content (AvgIpc) is 3.24. The van der Waals surface area contributed by atoms with Gasteiger partial charge in [0.05, 0.1) is 20.3 Å². The number of carbonyl (C=O) groups excluding carboxylic acids is 2. The van der Waals surface area contributed by atoms with Crippen molar-refractivity contribution in [3.63, 3.8) is 0 Å². The van der Waals surface area contributed by atoms with Gasteiger partial charge in [-0.3, -0.25) is 9.59 Å². The van der Waals surface area contributed by atoms with Crippen molar-refractivity contribution in [3.8, 4) is 0 Å². The second kappa shape index (κ2) is 5.09. The Labute approximate surface area is 132 Å². The zero-order valence-corrected chi connectivity index (χ0v) is 12.8. The second-order valence-electron chi connectivity index (χ2n) is 6.19. The molecule has 0 spiro atoms. The number of likely N-dealkylation sites (tertiary alicyclic amines) is 1. The van der Waals surface area contributed by atoms with Crippen LogP contribution in [-0.4, -0.2) is 50.2 Å². The minimum absolute atomic E-state index is 0.0247. The smallest absolute Gasteiger partial charge is 0.316 e. The number of furan rings is 1. The molecule has 0 unspecified atom stereocenters. The summed E-state index contributed by atoms with van der Waals surface area (Å²) in [6, 6.07) is 9.24. The standard InChI is InChI=1S/C17H17NO5/c1-21-16(20)17-9-18(7-12(17)8-22-10-17)15(19)14-6-11-4-2-3-5-13(11)23-14/h2-6,12H,7-10H2,1H3/t12-,17-/m0/s1. The van der Waals surface area contributed by atoms with Crippen molar-refractivity contribution in [3.05, 3.63) is 36.1 Å². The first-order valence-corrected chi connectivity index (χ1v) is 7.58. The molecule has 0 radical (unpaired) electrons. The summed E-state index contributed by atoms with van der Waals surface area (Å²) >= 11 is 0. The predicted octanol–water partition coefficient (Wildman–Crippen LogP) is 1.69. The van der Waals surface area contributed by atoms with Crippen molar-refractivity contribution >= 4 is 22.8 Å². The molecule has 2 aliphatic rings. The highest BCUT2D eigenvalue weighted by atomic mass is 16.5. The van der Waals surface area contributed by atoms with Crippen LogP contribution in [0.2, 0.25) is 0 Å². The van der Waals surface area contributed by atoms with Crippen LogP contribution in [0.25, 0.3) is 11.0 Å². The van der Waals surface area contributed by atoms with Crippen molar-refractivity contribution in [2.45, 2.75) is 0 Å². The molecule has 0 N–H and O–H groups in total. The Morgan fingerprint density at radius 1 is 1.35 bits per heavy atom. The van der Waals surface area contributed by atoms with E-state index in [0.29, 0.717) is 37.6 Å². The van der Waals surface area contributed by atoms with Crippen LogP contribution >= 0.6 is 0 Å². The summed E-state index contributed by atoms with van der Waals surface area (Å²) in [6.45, 7) is 1.55. The monoisotopic (exact) mass is 315 g/mol. The third-order valence-corrected chi connectivity index (χ3v) is 4.89. The molecular formula is C17H17NO5. The maximum atomic E-state index is 12.7. The lowest BCUT2D eigenvalue weighted by molar-refractivity contribution is -0.153. The van der Waals surface area contributed by atoms with E-state index in [-0.39, 0.29) is 17.8 Å². The molecule has 1 aromatic heterocycles. The van der Waals surface area contributed by atoms with Crippen LogP contribution in [0.1, 0.15) is 10.6 Å². The molecule has 0 saturated carbocycles. The van der Waals surface area contributed by atoms with Gasteiger partial charge in [0.1, 0.15) is 11.0 Å². The zero-order valence-electron chi connectivity index (χ0n) is 12.8. The van der Waals surface area contributed by atoms with Gasteiger partial charge in [-0.1, -0.05) is 18.2 Å². The molecule has 1 amide bonds. The van der Waals surface area contributed by atoms with Gasteiger partial charge >= 0.3 is 5.97 Å². The van der Waals surface area contributed by atoms with E-state index in [1.165, 1.54) is 7.11 Å². The lowest BCUT2D eigenvalue weighted by Gasteiger charge is -2.23. The van der Waals surface area contributed by atoms with Gasteiger partial charge in [-0.05, 0) is 12.1 Å². The van der Waals surface area contributed by atoms with Gasteiger partial charge in [0, 0.05) is 24.4 Å². The first-order valence-electron chi connectivity index (χ1n) is 7.58. The van der Waals surface area contributed by atoms with Crippen LogP contribution in [0.15, 0.2) is 34.7 Å². The fraction of sp³-hybridized carbons (Fsp3) is 0.412. The lowest BCUT2D eigenvalue weighted by Crippen LogP contribution is -2.40. The Hall–Kier alpha value is -2.34. The van der Waals surface area contributed by atoms with Gasteiger partial charge in [0.15, 0.2) is 5.76 Å². The number of esters is 1. The highest BCUT2D eigenvalue weighted by molar-refractivity contribution is 5.97. The van der Waals surface area contributed by atoms with E-state index in [9.17, 15) is 9.59 Å². The number of hydrogen-bond donors (Lipinski definition) is 0. The molecule has 6 nitrogen and oxygen atoms in total. The molecule has 4 rings (SSSR count). The third-order valence-electron chi connectivity index (χ3n) is 4.89. The number of benzene rings is 1. The van der Waals surface area contributed by atoms with Crippen LogP contribution in [0.4, 0.5) is 0 Å². The highest BCUT2D eigenvalue weighted by Crippen LogP contribution is 2.42. The summed E-state index contributed by atoms with van der Waals surface area (Å²) in [6.07, 6.45) is 0. The van der Waals surface area contributed by atoms with E-state index in [1.807, 2.05) is 24.3 Å². The Kier molecular flexibility index (Phi) is 3.16. The molecule has 2 aromatic rings. The predicted molar refractivity (Wildman–Crippen MR) is 80.9 cm³/mol. The fourth-order valence-corrected chi connectivity index (χ4v) is 3.63. The molecule has 120 valence electrons. The van der Waals surface area contributed by atoms with E-state index in [0.717, 1.165) is 5.39 Å². The van der Waals surface area contributed by atoms with Gasteiger partial charge in [-0.25, -0.2) is 0 Å². The Bertz CT molecular complexity index is 749. The van der Waals surface area contributed by atoms with Crippen LogP contribution in [0, 0.1) is 11.3 Å². The third kappa shape index (κ3) is 2.05. The second-order valence-corrected chi connectivity index (χ2v) is 6.19. The number of methoxy groups -OCH3 is 1. The number of para-hydroxylation sites is 1. The number of ether oxygens (including phenoxy) is 2. The zero-order chi connectivity index (χ0) is 16.0. The number of rotatable bonds is 2. The molecule has 1 aromatic carbocycles. The Morgan fingerprint density at radius 2 is 2.17 bits per heavy atom. The quantitative estimate of drug-likeness (QED) is 0.789. The summed E-state index contributed by atoms with van der Waals surface area (Å²) in [5.41, 5.74) is -0.0579. The van der Waals surface area contributed by atoms with E-state index in [1.54, 1.807) is 11.0 Å². The summed E-state index contributed by atoms with van der Waals surface area (Å²) in [5, 5.41) is 0.890. The van der Waals surface area contributed by atoms with Crippen LogP contribution in [0.3, 0.4) is 0 Å². The molecular weight excluding hydrogens is 298 g/mol. The summed E-state index contributed by atoms with van der Waals surface area (Å²) in [4.78, 5) is 26.6. The van der Waals surface area contributed by atoms with Crippen LogP contribution in [0.5, 0.6) is 0 Å². The molecule has 2 fully saturated rings. The highest BCUT2D eigenvalue weighted by Gasteiger charge is 2.58. The summed E-state index contributed by atoms with van der Waals surface area (Å²) in [7, 11) is 1.37. The summed E-state index contributed by atoms with van der Waals surface area (Å²) < 4.78 is 16.0. The molecule has 2 atom stereocenters. The SMILES string of the molecule is COC(=O)[C@@]12COC[C@@H]1CN(C(=O)c1cc3ccccc3o1)C2. The van der Waals surface area contributed by atoms with E-state index >= 15 is 0 Å². The van der Waals surface area contributed by atoms with Crippen molar-refractivity contribution in [1.82, 2.24) is 4.90 Å². The fourth-order valence-electron chi connectivity index (χ4n) is 3.63. The normalized spacial score (nSPS) is 26.5. The Morgan fingerprint density at radius 3 is 2.96 bits per heavy atom. The number of hydrogen-bond acceptors (Lipinski definition) is 5. The van der Waals surface area contributed by atoms with Crippen LogP contribution in [-0.2, 0) is 14.3 Å². The van der Waals surface area contributed by atoms with E-state index in [4.69, 9.17) is 13.9 Å². The minimum atomic E-state index is -0.740. The maximum Gasteiger partial charge on any atom is 0.316 e. The van der Waals surface area contributed by atoms with E-state index in [2.05, 4.69) is 0 Å². The molecule has 6 heteroatoms. The van der Waals surface area contributed by atoms with E-state index < -0.39 is 5.41 Å². The molecule has 0 bridgehead atoms. The summed E-state index contributed by atoms with van der Waals surface area (Å²) in [5.74, 6) is -0.228. The maximum absolute atomic E-state index is 12.7. The van der Waals surface area contributed by atoms with Crippen molar-refractivity contribution in [1.29, 1.82) is 0 Å². The average molecular weight is 315 g/mol. The number of carbonyl (C=O) groups is 2. The molecule has 2 aliphatic heterocycles. The molecule has 2 saturated heterocycles. The van der Waals surface area contributed by atoms with Crippen LogP contribution < -0.4 is 0 Å².